The largest absolute Gasteiger partial charge is 0.466 e. The first-order chi connectivity index (χ1) is 11.3. The maximum absolute atomic E-state index is 12.3. The van der Waals surface area contributed by atoms with Gasteiger partial charge in [0, 0.05) is 18.7 Å². The Balaban J connectivity index is 1.78. The molecule has 1 aromatic heterocycles. The Bertz CT molecular complexity index is 827. The molecule has 0 amide bonds. The molecule has 1 aliphatic carbocycles. The molecule has 1 heterocycles. The minimum absolute atomic E-state index is 0.0665. The second-order valence-corrected chi connectivity index (χ2v) is 7.52. The standard InChI is InChI=1S/C15H16N2O6S/c18-15(11-3-4-11,14-2-1-9-23-14)10-16-24(21,22)13-7-5-12(6-8-13)17(19)20/h1-2,5-9,11,16,18H,3-4,10H2. The van der Waals surface area contributed by atoms with Gasteiger partial charge >= 0.3 is 0 Å². The van der Waals surface area contributed by atoms with Crippen LogP contribution in [0.1, 0.15) is 18.6 Å². The highest BCUT2D eigenvalue weighted by molar-refractivity contribution is 7.89. The molecular weight excluding hydrogens is 336 g/mol. The van der Waals surface area contributed by atoms with Crippen LogP contribution in [0.3, 0.4) is 0 Å². The van der Waals surface area contributed by atoms with Gasteiger partial charge in [-0.2, -0.15) is 0 Å². The van der Waals surface area contributed by atoms with E-state index in [1.54, 1.807) is 12.1 Å². The second kappa shape index (κ2) is 6.00. The number of sulfonamides is 1. The van der Waals surface area contributed by atoms with Crippen LogP contribution in [0, 0.1) is 16.0 Å². The van der Waals surface area contributed by atoms with Crippen molar-refractivity contribution in [2.24, 2.45) is 5.92 Å². The van der Waals surface area contributed by atoms with Crippen LogP contribution in [-0.2, 0) is 15.6 Å². The number of hydrogen-bond donors (Lipinski definition) is 2. The topological polar surface area (TPSA) is 123 Å². The third-order valence-corrected chi connectivity index (χ3v) is 5.51. The fraction of sp³-hybridized carbons (Fsp3) is 0.333. The van der Waals surface area contributed by atoms with Crippen molar-refractivity contribution in [1.29, 1.82) is 0 Å². The quantitative estimate of drug-likeness (QED) is 0.578. The third kappa shape index (κ3) is 3.18. The van der Waals surface area contributed by atoms with Crippen molar-refractivity contribution in [3.63, 3.8) is 0 Å². The molecule has 0 spiro atoms. The maximum Gasteiger partial charge on any atom is 0.269 e. The molecule has 8 nitrogen and oxygen atoms in total. The SMILES string of the molecule is O=[N+]([O-])c1ccc(S(=O)(=O)NCC(O)(c2ccco2)C2CC2)cc1. The molecule has 2 N–H and O–H groups in total. The fourth-order valence-electron chi connectivity index (χ4n) is 2.55. The average Bonchev–Trinajstić information content (AvgIpc) is 3.28. The number of aliphatic hydroxyl groups is 1. The van der Waals surface area contributed by atoms with Gasteiger partial charge in [-0.05, 0) is 43.0 Å². The summed E-state index contributed by atoms with van der Waals surface area (Å²) >= 11 is 0. The van der Waals surface area contributed by atoms with Crippen LogP contribution in [0.15, 0.2) is 52.0 Å². The van der Waals surface area contributed by atoms with Gasteiger partial charge < -0.3 is 9.52 Å². The smallest absolute Gasteiger partial charge is 0.269 e. The molecule has 1 fully saturated rings. The molecule has 0 saturated heterocycles. The Hall–Kier alpha value is -2.23. The maximum atomic E-state index is 12.3. The molecular formula is C15H16N2O6S. The molecule has 128 valence electrons. The van der Waals surface area contributed by atoms with Gasteiger partial charge in [0.15, 0.2) is 0 Å². The molecule has 1 atom stereocenters. The Morgan fingerprint density at radius 2 is 1.96 bits per heavy atom. The van der Waals surface area contributed by atoms with Crippen molar-refractivity contribution in [3.05, 3.63) is 58.5 Å². The lowest BCUT2D eigenvalue weighted by Crippen LogP contribution is -2.42. The molecule has 0 bridgehead atoms. The molecule has 3 rings (SSSR count). The van der Waals surface area contributed by atoms with Crippen molar-refractivity contribution in [2.45, 2.75) is 23.3 Å². The lowest BCUT2D eigenvalue weighted by atomic mass is 9.95. The molecule has 1 aromatic carbocycles. The molecule has 1 unspecified atom stereocenters. The molecule has 24 heavy (non-hydrogen) atoms. The summed E-state index contributed by atoms with van der Waals surface area (Å²) in [6.07, 6.45) is 3.00. The summed E-state index contributed by atoms with van der Waals surface area (Å²) in [6.45, 7) is -0.232. The van der Waals surface area contributed by atoms with Crippen molar-refractivity contribution in [1.82, 2.24) is 4.72 Å². The van der Waals surface area contributed by atoms with Crippen molar-refractivity contribution < 1.29 is 22.9 Å². The number of furan rings is 1. The summed E-state index contributed by atoms with van der Waals surface area (Å²) in [5.74, 6) is 0.250. The van der Waals surface area contributed by atoms with E-state index in [-0.39, 0.29) is 23.0 Å². The first-order valence-electron chi connectivity index (χ1n) is 7.33. The van der Waals surface area contributed by atoms with Crippen molar-refractivity contribution >= 4 is 15.7 Å². The number of benzene rings is 1. The van der Waals surface area contributed by atoms with Gasteiger partial charge in [-0.15, -0.1) is 0 Å². The highest BCUT2D eigenvalue weighted by atomic mass is 32.2. The summed E-state index contributed by atoms with van der Waals surface area (Å²) in [6, 6.07) is 7.79. The molecule has 9 heteroatoms. The average molecular weight is 352 g/mol. The van der Waals surface area contributed by atoms with Crippen molar-refractivity contribution in [3.8, 4) is 0 Å². The van der Waals surface area contributed by atoms with E-state index in [2.05, 4.69) is 4.72 Å². The third-order valence-electron chi connectivity index (χ3n) is 4.09. The van der Waals surface area contributed by atoms with Crippen LogP contribution < -0.4 is 4.72 Å². The van der Waals surface area contributed by atoms with Crippen molar-refractivity contribution in [2.75, 3.05) is 6.54 Å². The highest BCUT2D eigenvalue weighted by Crippen LogP contribution is 2.45. The van der Waals surface area contributed by atoms with Gasteiger partial charge in [0.05, 0.1) is 16.1 Å². The Morgan fingerprint density at radius 3 is 2.46 bits per heavy atom. The van der Waals surface area contributed by atoms with Crippen LogP contribution in [0.25, 0.3) is 0 Å². The van der Waals surface area contributed by atoms with E-state index in [1.165, 1.54) is 6.26 Å². The van der Waals surface area contributed by atoms with Gasteiger partial charge in [-0.3, -0.25) is 10.1 Å². The fourth-order valence-corrected chi connectivity index (χ4v) is 3.62. The predicted octanol–water partition coefficient (Wildman–Crippen LogP) is 1.76. The molecule has 0 aliphatic heterocycles. The summed E-state index contributed by atoms with van der Waals surface area (Å²) in [4.78, 5) is 9.92. The molecule has 2 aromatic rings. The number of nitrogens with one attached hydrogen (secondary N) is 1. The number of hydrogen-bond acceptors (Lipinski definition) is 6. The van der Waals surface area contributed by atoms with E-state index in [0.717, 1.165) is 37.1 Å². The van der Waals surface area contributed by atoms with E-state index >= 15 is 0 Å². The molecule has 1 saturated carbocycles. The van der Waals surface area contributed by atoms with E-state index < -0.39 is 20.5 Å². The zero-order chi connectivity index (χ0) is 17.4. The van der Waals surface area contributed by atoms with E-state index in [1.807, 2.05) is 0 Å². The minimum Gasteiger partial charge on any atom is -0.466 e. The lowest BCUT2D eigenvalue weighted by Gasteiger charge is -2.26. The molecule has 1 aliphatic rings. The summed E-state index contributed by atoms with van der Waals surface area (Å²) < 4.78 is 32.3. The second-order valence-electron chi connectivity index (χ2n) is 5.75. The Kier molecular flexibility index (Phi) is 4.16. The summed E-state index contributed by atoms with van der Waals surface area (Å²) in [5.41, 5.74) is -1.60. The minimum atomic E-state index is -3.91. The zero-order valence-corrected chi connectivity index (χ0v) is 13.4. The van der Waals surface area contributed by atoms with Crippen LogP contribution in [0.4, 0.5) is 5.69 Å². The first kappa shape index (κ1) is 16.6. The number of nitro benzene ring substituents is 1. The first-order valence-corrected chi connectivity index (χ1v) is 8.82. The van der Waals surface area contributed by atoms with Gasteiger partial charge in [0.25, 0.3) is 5.69 Å². The van der Waals surface area contributed by atoms with E-state index in [9.17, 15) is 23.6 Å². The van der Waals surface area contributed by atoms with Crippen LogP contribution in [0.2, 0.25) is 0 Å². The number of rotatable bonds is 7. The monoisotopic (exact) mass is 352 g/mol. The summed E-state index contributed by atoms with van der Waals surface area (Å²) in [7, 11) is -3.91. The summed E-state index contributed by atoms with van der Waals surface area (Å²) in [5, 5.41) is 21.5. The van der Waals surface area contributed by atoms with E-state index in [0.29, 0.717) is 5.76 Å². The van der Waals surface area contributed by atoms with Gasteiger partial charge in [-0.1, -0.05) is 0 Å². The van der Waals surface area contributed by atoms with Crippen LogP contribution in [-0.4, -0.2) is 25.0 Å². The highest BCUT2D eigenvalue weighted by Gasteiger charge is 2.47. The normalized spacial score (nSPS) is 17.4. The Labute approximate surface area is 138 Å². The van der Waals surface area contributed by atoms with Crippen LogP contribution in [0.5, 0.6) is 0 Å². The lowest BCUT2D eigenvalue weighted by molar-refractivity contribution is -0.384. The predicted molar refractivity (Wildman–Crippen MR) is 83.6 cm³/mol. The van der Waals surface area contributed by atoms with E-state index in [4.69, 9.17) is 4.42 Å². The number of nitro groups is 1. The van der Waals surface area contributed by atoms with Gasteiger partial charge in [0.2, 0.25) is 10.0 Å². The van der Waals surface area contributed by atoms with Crippen LogP contribution >= 0.6 is 0 Å². The molecule has 0 radical (unpaired) electrons. The Morgan fingerprint density at radius 1 is 1.29 bits per heavy atom. The zero-order valence-electron chi connectivity index (χ0n) is 12.6. The van der Waals surface area contributed by atoms with Gasteiger partial charge in [0.1, 0.15) is 11.4 Å². The number of non-ortho nitro benzene ring substituents is 1. The van der Waals surface area contributed by atoms with Gasteiger partial charge in [-0.25, -0.2) is 13.1 Å². The number of nitrogens with zero attached hydrogens (tertiary/aromatic N) is 1.